The Morgan fingerprint density at radius 1 is 1.15 bits per heavy atom. The number of anilines is 2. The van der Waals surface area contributed by atoms with Gasteiger partial charge >= 0.3 is 11.7 Å². The topological polar surface area (TPSA) is 127 Å². The fraction of sp³-hybridized carbons (Fsp3) is 0.500. The van der Waals surface area contributed by atoms with Gasteiger partial charge in [0.25, 0.3) is 11.5 Å². The lowest BCUT2D eigenvalue weighted by atomic mass is 10.1. The van der Waals surface area contributed by atoms with Crippen molar-refractivity contribution in [3.05, 3.63) is 56.2 Å². The second-order valence-electron chi connectivity index (χ2n) is 8.35. The molecule has 0 unspecified atom stereocenters. The number of H-pyrrole nitrogens is 1. The summed E-state index contributed by atoms with van der Waals surface area (Å²) >= 11 is 0. The number of esters is 1. The summed E-state index contributed by atoms with van der Waals surface area (Å²) < 4.78 is 6.48. The first-order chi connectivity index (χ1) is 15.7. The number of ether oxygens (including phenoxy) is 1. The first kappa shape index (κ1) is 25.9. The van der Waals surface area contributed by atoms with Crippen LogP contribution >= 0.6 is 0 Å². The van der Waals surface area contributed by atoms with Gasteiger partial charge in [-0.25, -0.2) is 9.59 Å². The van der Waals surface area contributed by atoms with Gasteiger partial charge in [0.05, 0.1) is 5.56 Å². The number of nitrogens with two attached hydrogens (primary N) is 1. The molecule has 0 bridgehead atoms. The Balaban J connectivity index is 2.30. The van der Waals surface area contributed by atoms with Crippen LogP contribution in [0.2, 0.25) is 0 Å². The first-order valence-corrected chi connectivity index (χ1v) is 11.4. The molecule has 180 valence electrons. The fourth-order valence-corrected chi connectivity index (χ4v) is 3.29. The molecule has 9 nitrogen and oxygen atoms in total. The van der Waals surface area contributed by atoms with E-state index in [0.717, 1.165) is 18.4 Å². The molecule has 33 heavy (non-hydrogen) atoms. The number of aromatic amines is 1. The zero-order valence-corrected chi connectivity index (χ0v) is 19.8. The number of aryl methyl sites for hydroxylation is 1. The van der Waals surface area contributed by atoms with Gasteiger partial charge in [-0.15, -0.1) is 0 Å². The van der Waals surface area contributed by atoms with Gasteiger partial charge in [-0.05, 0) is 42.9 Å². The van der Waals surface area contributed by atoms with Gasteiger partial charge in [-0.1, -0.05) is 46.2 Å². The second kappa shape index (κ2) is 12.0. The number of hydrogen-bond acceptors (Lipinski definition) is 6. The number of aromatic nitrogens is 2. The van der Waals surface area contributed by atoms with Gasteiger partial charge in [0, 0.05) is 13.1 Å². The van der Waals surface area contributed by atoms with Crippen molar-refractivity contribution in [2.45, 2.75) is 59.9 Å². The van der Waals surface area contributed by atoms with Gasteiger partial charge < -0.3 is 15.4 Å². The number of carbonyl (C=O) groups is 2. The van der Waals surface area contributed by atoms with Crippen LogP contribution in [0.1, 0.15) is 62.9 Å². The van der Waals surface area contributed by atoms with Crippen molar-refractivity contribution in [2.24, 2.45) is 5.92 Å². The molecule has 0 radical (unpaired) electrons. The number of carbonyl (C=O) groups excluding carboxylic acids is 2. The van der Waals surface area contributed by atoms with Gasteiger partial charge in [0.2, 0.25) is 0 Å². The van der Waals surface area contributed by atoms with Crippen LogP contribution in [0.4, 0.5) is 11.5 Å². The van der Waals surface area contributed by atoms with Crippen LogP contribution in [0.5, 0.6) is 0 Å². The average molecular weight is 459 g/mol. The minimum absolute atomic E-state index is 0.0733. The lowest BCUT2D eigenvalue weighted by Gasteiger charge is -2.25. The Labute approximate surface area is 193 Å². The summed E-state index contributed by atoms with van der Waals surface area (Å²) in [5, 5.41) is 0. The summed E-state index contributed by atoms with van der Waals surface area (Å²) in [5.41, 5.74) is 6.14. The van der Waals surface area contributed by atoms with Crippen LogP contribution in [0.15, 0.2) is 33.9 Å². The number of nitrogen functional groups attached to an aromatic ring is 1. The maximum Gasteiger partial charge on any atom is 0.338 e. The van der Waals surface area contributed by atoms with Crippen molar-refractivity contribution in [3.63, 3.8) is 0 Å². The highest BCUT2D eigenvalue weighted by molar-refractivity contribution is 5.98. The van der Waals surface area contributed by atoms with E-state index in [1.807, 2.05) is 39.8 Å². The Bertz CT molecular complexity index is 1070. The van der Waals surface area contributed by atoms with E-state index in [2.05, 4.69) is 4.98 Å². The van der Waals surface area contributed by atoms with Crippen molar-refractivity contribution in [2.75, 3.05) is 23.8 Å². The van der Waals surface area contributed by atoms with E-state index in [4.69, 9.17) is 10.5 Å². The number of hydrogen-bond donors (Lipinski definition) is 2. The molecule has 0 atom stereocenters. The summed E-state index contributed by atoms with van der Waals surface area (Å²) in [7, 11) is 0. The van der Waals surface area contributed by atoms with Crippen LogP contribution < -0.4 is 21.9 Å². The van der Waals surface area contributed by atoms with Crippen molar-refractivity contribution >= 4 is 23.4 Å². The van der Waals surface area contributed by atoms with E-state index in [-0.39, 0.29) is 24.0 Å². The van der Waals surface area contributed by atoms with Crippen LogP contribution in [-0.2, 0) is 22.5 Å². The van der Waals surface area contributed by atoms with Gasteiger partial charge in [0.1, 0.15) is 5.82 Å². The number of benzene rings is 1. The van der Waals surface area contributed by atoms with Crippen molar-refractivity contribution in [3.8, 4) is 0 Å². The van der Waals surface area contributed by atoms with Crippen LogP contribution in [0.3, 0.4) is 0 Å². The highest BCUT2D eigenvalue weighted by Crippen LogP contribution is 2.19. The van der Waals surface area contributed by atoms with Gasteiger partial charge in [0.15, 0.2) is 12.3 Å². The molecule has 3 N–H and O–H groups in total. The molecule has 9 heteroatoms. The predicted molar refractivity (Wildman–Crippen MR) is 129 cm³/mol. The largest absolute Gasteiger partial charge is 0.452 e. The van der Waals surface area contributed by atoms with Crippen molar-refractivity contribution < 1.29 is 14.3 Å². The minimum atomic E-state index is -0.746. The number of rotatable bonds is 11. The summed E-state index contributed by atoms with van der Waals surface area (Å²) in [6.45, 7) is 7.90. The Morgan fingerprint density at radius 3 is 2.39 bits per heavy atom. The summed E-state index contributed by atoms with van der Waals surface area (Å²) in [5.74, 6) is -1.06. The third-order valence-corrected chi connectivity index (χ3v) is 5.38. The molecule has 2 aromatic rings. The molecule has 1 aromatic carbocycles. The third kappa shape index (κ3) is 6.81. The molecule has 0 fully saturated rings. The SMILES string of the molecule is CCCCn1c(N)c(N(CCC(C)C)C(=O)COC(=O)c2ccc(CC)cc2)c(=O)[nH]c1=O. The Kier molecular flexibility index (Phi) is 9.44. The molecular formula is C24H34N4O5. The molecule has 1 heterocycles. The second-order valence-corrected chi connectivity index (χ2v) is 8.35. The van der Waals surface area contributed by atoms with E-state index in [1.165, 1.54) is 9.47 Å². The fourth-order valence-electron chi connectivity index (χ4n) is 3.29. The molecule has 0 saturated heterocycles. The van der Waals surface area contributed by atoms with E-state index in [9.17, 15) is 19.2 Å². The normalized spacial score (nSPS) is 10.9. The Morgan fingerprint density at radius 2 is 1.82 bits per heavy atom. The number of amides is 1. The molecule has 0 saturated carbocycles. The van der Waals surface area contributed by atoms with Crippen LogP contribution in [0.25, 0.3) is 0 Å². The van der Waals surface area contributed by atoms with E-state index >= 15 is 0 Å². The summed E-state index contributed by atoms with van der Waals surface area (Å²) in [6.07, 6.45) is 2.94. The molecule has 2 rings (SSSR count). The molecule has 0 spiro atoms. The quantitative estimate of drug-likeness (QED) is 0.499. The zero-order valence-electron chi connectivity index (χ0n) is 19.8. The number of nitrogens with one attached hydrogen (secondary N) is 1. The Hall–Kier alpha value is -3.36. The standard InChI is InChI=1S/C24H34N4O5/c1-5-7-13-28-21(25)20(22(30)26-24(28)32)27(14-12-16(3)4)19(29)15-33-23(31)18-10-8-17(6-2)9-11-18/h8-11,16H,5-7,12-15,25H2,1-4H3,(H,26,30,32). The maximum absolute atomic E-state index is 13.1. The smallest absolute Gasteiger partial charge is 0.338 e. The van der Waals surface area contributed by atoms with Crippen molar-refractivity contribution in [1.29, 1.82) is 0 Å². The molecular weight excluding hydrogens is 424 g/mol. The van der Waals surface area contributed by atoms with E-state index in [0.29, 0.717) is 24.9 Å². The van der Waals surface area contributed by atoms with Gasteiger partial charge in [-0.2, -0.15) is 0 Å². The number of unbranched alkanes of at least 4 members (excludes halogenated alkanes) is 1. The first-order valence-electron chi connectivity index (χ1n) is 11.4. The molecule has 0 aliphatic carbocycles. The average Bonchev–Trinajstić information content (AvgIpc) is 2.78. The van der Waals surface area contributed by atoms with Gasteiger partial charge in [-0.3, -0.25) is 19.1 Å². The minimum Gasteiger partial charge on any atom is -0.452 e. The van der Waals surface area contributed by atoms with E-state index in [1.54, 1.807) is 12.1 Å². The monoisotopic (exact) mass is 458 g/mol. The van der Waals surface area contributed by atoms with Crippen molar-refractivity contribution in [1.82, 2.24) is 9.55 Å². The van der Waals surface area contributed by atoms with Crippen LogP contribution in [-0.4, -0.2) is 34.6 Å². The predicted octanol–water partition coefficient (Wildman–Crippen LogP) is 2.72. The molecule has 1 amide bonds. The molecule has 0 aliphatic heterocycles. The highest BCUT2D eigenvalue weighted by Gasteiger charge is 2.25. The summed E-state index contributed by atoms with van der Waals surface area (Å²) in [6, 6.07) is 6.95. The zero-order chi connectivity index (χ0) is 24.5. The van der Waals surface area contributed by atoms with Crippen LogP contribution in [0, 0.1) is 5.92 Å². The maximum atomic E-state index is 13.1. The molecule has 1 aromatic heterocycles. The number of nitrogens with zero attached hydrogens (tertiary/aromatic N) is 2. The molecule has 0 aliphatic rings. The lowest BCUT2D eigenvalue weighted by Crippen LogP contribution is -2.43. The van der Waals surface area contributed by atoms with E-state index < -0.39 is 29.7 Å². The summed E-state index contributed by atoms with van der Waals surface area (Å²) in [4.78, 5) is 53.8. The highest BCUT2D eigenvalue weighted by atomic mass is 16.5. The third-order valence-electron chi connectivity index (χ3n) is 5.38. The lowest BCUT2D eigenvalue weighted by molar-refractivity contribution is -0.121.